The first-order valence-electron chi connectivity index (χ1n) is 7.17. The Hall–Kier alpha value is -1.57. The van der Waals surface area contributed by atoms with Gasteiger partial charge in [0.15, 0.2) is 0 Å². The Bertz CT molecular complexity index is 914. The maximum Gasteiger partial charge on any atom is 0.261 e. The van der Waals surface area contributed by atoms with Crippen LogP contribution in [0.5, 0.6) is 0 Å². The molecule has 0 aliphatic carbocycles. The molecule has 0 saturated heterocycles. The highest BCUT2D eigenvalue weighted by molar-refractivity contribution is 9.10. The molecule has 0 saturated carbocycles. The zero-order chi connectivity index (χ0) is 17.5. The summed E-state index contributed by atoms with van der Waals surface area (Å²) in [5.41, 5.74) is 1.92. The normalized spacial score (nSPS) is 13.7. The number of rotatable bonds is 3. The Morgan fingerprint density at radius 3 is 2.54 bits per heavy atom. The van der Waals surface area contributed by atoms with Crippen LogP contribution in [0.2, 0.25) is 5.02 Å². The van der Waals surface area contributed by atoms with Gasteiger partial charge in [-0.05, 0) is 48.4 Å². The molecule has 0 aromatic heterocycles. The fourth-order valence-corrected chi connectivity index (χ4v) is 4.41. The SMILES string of the molecule is CC(=O)N1CCc2cc(Br)cc(NS(=O)(=O)c3ccc(Cl)cc3)c21. The smallest absolute Gasteiger partial charge is 0.261 e. The monoisotopic (exact) mass is 428 g/mol. The average molecular weight is 430 g/mol. The average Bonchev–Trinajstić information content (AvgIpc) is 2.91. The van der Waals surface area contributed by atoms with Gasteiger partial charge in [0.05, 0.1) is 16.3 Å². The van der Waals surface area contributed by atoms with Crippen LogP contribution in [0.3, 0.4) is 0 Å². The summed E-state index contributed by atoms with van der Waals surface area (Å²) in [4.78, 5) is 13.5. The van der Waals surface area contributed by atoms with E-state index in [1.807, 2.05) is 6.07 Å². The third kappa shape index (κ3) is 3.29. The van der Waals surface area contributed by atoms with Gasteiger partial charge >= 0.3 is 0 Å². The molecular weight excluding hydrogens is 416 g/mol. The standard InChI is InChI=1S/C16H14BrClN2O3S/c1-10(21)20-7-6-11-8-12(17)9-15(16(11)20)19-24(22,23)14-4-2-13(18)3-5-14/h2-5,8-9,19H,6-7H2,1H3. The zero-order valence-electron chi connectivity index (χ0n) is 12.7. The second-order valence-corrected chi connectivity index (χ2v) is 8.48. The maximum absolute atomic E-state index is 12.6. The van der Waals surface area contributed by atoms with Crippen LogP contribution in [-0.4, -0.2) is 20.9 Å². The van der Waals surface area contributed by atoms with Crippen LogP contribution in [0.1, 0.15) is 12.5 Å². The molecule has 2 aromatic rings. The first kappa shape index (κ1) is 17.3. The molecule has 1 aliphatic rings. The highest BCUT2D eigenvalue weighted by Gasteiger charge is 2.28. The van der Waals surface area contributed by atoms with E-state index in [9.17, 15) is 13.2 Å². The van der Waals surface area contributed by atoms with Crippen molar-refractivity contribution in [3.05, 3.63) is 51.5 Å². The van der Waals surface area contributed by atoms with Crippen molar-refractivity contribution in [2.75, 3.05) is 16.2 Å². The molecule has 1 N–H and O–H groups in total. The van der Waals surface area contributed by atoms with Gasteiger partial charge < -0.3 is 4.90 Å². The highest BCUT2D eigenvalue weighted by atomic mass is 79.9. The maximum atomic E-state index is 12.6. The molecule has 0 fully saturated rings. The number of fused-ring (bicyclic) bond motifs is 1. The van der Waals surface area contributed by atoms with E-state index in [4.69, 9.17) is 11.6 Å². The number of sulfonamides is 1. The zero-order valence-corrected chi connectivity index (χ0v) is 15.9. The predicted octanol–water partition coefficient (Wildman–Crippen LogP) is 3.81. The molecular formula is C16H14BrClN2O3S. The van der Waals surface area contributed by atoms with E-state index in [2.05, 4.69) is 20.7 Å². The van der Waals surface area contributed by atoms with Crippen molar-refractivity contribution in [2.45, 2.75) is 18.2 Å². The molecule has 0 atom stereocenters. The molecule has 1 heterocycles. The number of carbonyl (C=O) groups is 1. The van der Waals surface area contributed by atoms with Crippen LogP contribution in [0.25, 0.3) is 0 Å². The van der Waals surface area contributed by atoms with Gasteiger partial charge in [-0.25, -0.2) is 8.42 Å². The van der Waals surface area contributed by atoms with Crippen LogP contribution >= 0.6 is 27.5 Å². The van der Waals surface area contributed by atoms with Crippen molar-refractivity contribution in [1.29, 1.82) is 0 Å². The number of anilines is 2. The van der Waals surface area contributed by atoms with Crippen molar-refractivity contribution in [3.8, 4) is 0 Å². The quantitative estimate of drug-likeness (QED) is 0.807. The van der Waals surface area contributed by atoms with Crippen molar-refractivity contribution < 1.29 is 13.2 Å². The van der Waals surface area contributed by atoms with E-state index in [1.54, 1.807) is 11.0 Å². The number of carbonyl (C=O) groups excluding carboxylic acids is 1. The van der Waals surface area contributed by atoms with Crippen LogP contribution in [0.15, 0.2) is 45.8 Å². The van der Waals surface area contributed by atoms with E-state index in [-0.39, 0.29) is 10.8 Å². The van der Waals surface area contributed by atoms with E-state index >= 15 is 0 Å². The summed E-state index contributed by atoms with van der Waals surface area (Å²) in [5.74, 6) is -0.122. The molecule has 0 bridgehead atoms. The molecule has 24 heavy (non-hydrogen) atoms. The molecule has 8 heteroatoms. The van der Waals surface area contributed by atoms with Crippen LogP contribution in [0, 0.1) is 0 Å². The summed E-state index contributed by atoms with van der Waals surface area (Å²) < 4.78 is 28.6. The van der Waals surface area contributed by atoms with Gasteiger partial charge in [0.25, 0.3) is 10.0 Å². The van der Waals surface area contributed by atoms with Gasteiger partial charge in [-0.2, -0.15) is 0 Å². The van der Waals surface area contributed by atoms with Crippen molar-refractivity contribution in [1.82, 2.24) is 0 Å². The van der Waals surface area contributed by atoms with E-state index in [1.165, 1.54) is 31.2 Å². The van der Waals surface area contributed by atoms with Crippen molar-refractivity contribution >= 4 is 54.8 Å². The Kier molecular flexibility index (Phi) is 4.59. The third-order valence-corrected chi connectivity index (χ3v) is 5.87. The number of hydrogen-bond donors (Lipinski definition) is 1. The number of halogens is 2. The van der Waals surface area contributed by atoms with E-state index in [0.717, 1.165) is 10.0 Å². The van der Waals surface area contributed by atoms with Gasteiger partial charge in [0.2, 0.25) is 5.91 Å². The lowest BCUT2D eigenvalue weighted by atomic mass is 10.1. The second-order valence-electron chi connectivity index (χ2n) is 5.44. The molecule has 126 valence electrons. The minimum absolute atomic E-state index is 0.105. The second kappa shape index (κ2) is 6.38. The number of nitrogens with one attached hydrogen (secondary N) is 1. The van der Waals surface area contributed by atoms with Crippen LogP contribution < -0.4 is 9.62 Å². The van der Waals surface area contributed by atoms with Gasteiger partial charge in [-0.15, -0.1) is 0 Å². The molecule has 0 unspecified atom stereocenters. The number of nitrogens with zero attached hydrogens (tertiary/aromatic N) is 1. The highest BCUT2D eigenvalue weighted by Crippen LogP contribution is 2.39. The summed E-state index contributed by atoms with van der Waals surface area (Å²) in [7, 11) is -3.78. The van der Waals surface area contributed by atoms with Crippen LogP contribution in [0.4, 0.5) is 11.4 Å². The molecule has 3 rings (SSSR count). The topological polar surface area (TPSA) is 66.5 Å². The first-order valence-corrected chi connectivity index (χ1v) is 9.82. The van der Waals surface area contributed by atoms with Gasteiger partial charge in [0, 0.05) is 23.0 Å². The third-order valence-electron chi connectivity index (χ3n) is 3.78. The Balaban J connectivity index is 2.04. The molecule has 1 aliphatic heterocycles. The summed E-state index contributed by atoms with van der Waals surface area (Å²) >= 11 is 9.20. The Morgan fingerprint density at radius 2 is 1.92 bits per heavy atom. The minimum Gasteiger partial charge on any atom is -0.310 e. The van der Waals surface area contributed by atoms with Crippen LogP contribution in [-0.2, 0) is 21.2 Å². The molecule has 0 radical (unpaired) electrons. The van der Waals surface area contributed by atoms with E-state index in [0.29, 0.717) is 29.4 Å². The fourth-order valence-electron chi connectivity index (χ4n) is 2.72. The van der Waals surface area contributed by atoms with Gasteiger partial charge in [-0.3, -0.25) is 9.52 Å². The lowest BCUT2D eigenvalue weighted by Crippen LogP contribution is -2.27. The predicted molar refractivity (Wildman–Crippen MR) is 98.1 cm³/mol. The largest absolute Gasteiger partial charge is 0.310 e. The number of hydrogen-bond acceptors (Lipinski definition) is 3. The first-order chi connectivity index (χ1) is 11.3. The Morgan fingerprint density at radius 1 is 1.25 bits per heavy atom. The summed E-state index contributed by atoms with van der Waals surface area (Å²) in [6.07, 6.45) is 0.685. The molecule has 5 nitrogen and oxygen atoms in total. The van der Waals surface area contributed by atoms with Crippen molar-refractivity contribution in [2.24, 2.45) is 0 Å². The number of amides is 1. The lowest BCUT2D eigenvalue weighted by Gasteiger charge is -2.20. The number of benzene rings is 2. The minimum atomic E-state index is -3.78. The lowest BCUT2D eigenvalue weighted by molar-refractivity contribution is -0.116. The fraction of sp³-hybridized carbons (Fsp3) is 0.188. The van der Waals surface area contributed by atoms with Gasteiger partial charge in [0.1, 0.15) is 0 Å². The summed E-state index contributed by atoms with van der Waals surface area (Å²) in [5, 5.41) is 0.458. The van der Waals surface area contributed by atoms with E-state index < -0.39 is 10.0 Å². The Labute approximate surface area is 153 Å². The van der Waals surface area contributed by atoms with Crippen molar-refractivity contribution in [3.63, 3.8) is 0 Å². The molecule has 0 spiro atoms. The summed E-state index contributed by atoms with van der Waals surface area (Å²) in [6.45, 7) is 2.01. The van der Waals surface area contributed by atoms with Gasteiger partial charge in [-0.1, -0.05) is 27.5 Å². The molecule has 2 aromatic carbocycles. The molecule has 1 amide bonds. The summed E-state index contributed by atoms with van der Waals surface area (Å²) in [6, 6.07) is 9.47.